The number of rotatable bonds is 13. The second kappa shape index (κ2) is 11.4. The van der Waals surface area contributed by atoms with Crippen molar-refractivity contribution >= 4 is 11.9 Å². The quantitative estimate of drug-likeness (QED) is 0.261. The van der Waals surface area contributed by atoms with E-state index in [0.29, 0.717) is 12.8 Å². The molecule has 0 amide bonds. The number of hydrogen-bond donors (Lipinski definition) is 4. The molecule has 0 aliphatic rings. The monoisotopic (exact) mass is 350 g/mol. The Morgan fingerprint density at radius 1 is 0.708 bits per heavy atom. The van der Waals surface area contributed by atoms with Crippen molar-refractivity contribution in [3.05, 3.63) is 0 Å². The van der Waals surface area contributed by atoms with E-state index in [1.165, 1.54) is 0 Å². The minimum atomic E-state index is -0.856. The summed E-state index contributed by atoms with van der Waals surface area (Å²) in [6, 6.07) is 0. The van der Waals surface area contributed by atoms with Gasteiger partial charge >= 0.3 is 11.9 Å². The highest BCUT2D eigenvalue weighted by atomic mass is 16.5. The van der Waals surface area contributed by atoms with Crippen LogP contribution in [-0.2, 0) is 19.1 Å². The molecule has 0 radical (unpaired) electrons. The number of carbonyl (C=O) groups excluding carboxylic acids is 2. The number of aliphatic hydroxyl groups is 4. The molecule has 0 aliphatic carbocycles. The molecule has 0 saturated carbocycles. The van der Waals surface area contributed by atoms with Crippen molar-refractivity contribution in [1.29, 1.82) is 0 Å². The number of carbonyl (C=O) groups is 2. The molecule has 0 unspecified atom stereocenters. The van der Waals surface area contributed by atoms with Gasteiger partial charge in [0.25, 0.3) is 0 Å². The summed E-state index contributed by atoms with van der Waals surface area (Å²) in [5, 5.41) is 36.3. The third-order valence-corrected chi connectivity index (χ3v) is 3.70. The summed E-state index contributed by atoms with van der Waals surface area (Å²) in [7, 11) is 0. The van der Waals surface area contributed by atoms with Crippen LogP contribution < -0.4 is 0 Å². The smallest absolute Gasteiger partial charge is 0.305 e. The first-order chi connectivity index (χ1) is 11.2. The lowest BCUT2D eigenvalue weighted by molar-refractivity contribution is -0.151. The van der Waals surface area contributed by atoms with E-state index in [9.17, 15) is 9.59 Å². The molecular formula is C16H30O8. The van der Waals surface area contributed by atoms with Crippen LogP contribution in [0.4, 0.5) is 0 Å². The molecule has 142 valence electrons. The van der Waals surface area contributed by atoms with Gasteiger partial charge < -0.3 is 29.9 Å². The van der Waals surface area contributed by atoms with Gasteiger partial charge in [0.15, 0.2) is 0 Å². The third-order valence-electron chi connectivity index (χ3n) is 3.70. The summed E-state index contributed by atoms with van der Waals surface area (Å²) in [6.07, 6.45) is 1.15. The van der Waals surface area contributed by atoms with E-state index in [0.717, 1.165) is 0 Å². The summed E-state index contributed by atoms with van der Waals surface area (Å²) >= 11 is 0. The van der Waals surface area contributed by atoms with Gasteiger partial charge in [-0.3, -0.25) is 9.59 Å². The minimum Gasteiger partial charge on any atom is -0.465 e. The maximum atomic E-state index is 11.5. The van der Waals surface area contributed by atoms with Crippen molar-refractivity contribution in [3.63, 3.8) is 0 Å². The SMILES string of the molecule is CC(CO)(CO)COC(=O)CCCCC(=O)OCC(C)(CO)CO. The molecule has 8 heteroatoms. The predicted octanol–water partition coefficient (Wildman–Crippen LogP) is -0.385. The molecule has 0 aliphatic heterocycles. The Kier molecular flexibility index (Phi) is 10.8. The fourth-order valence-electron chi connectivity index (χ4n) is 1.48. The van der Waals surface area contributed by atoms with E-state index in [2.05, 4.69) is 0 Å². The number of esters is 2. The first-order valence-electron chi connectivity index (χ1n) is 7.99. The first-order valence-corrected chi connectivity index (χ1v) is 7.99. The summed E-state index contributed by atoms with van der Waals surface area (Å²) in [5.41, 5.74) is -1.71. The fraction of sp³-hybridized carbons (Fsp3) is 0.875. The number of unbranched alkanes of at least 4 members (excludes halogenated alkanes) is 1. The second-order valence-corrected chi connectivity index (χ2v) is 6.78. The molecule has 8 nitrogen and oxygen atoms in total. The lowest BCUT2D eigenvalue weighted by atomic mass is 9.94. The van der Waals surface area contributed by atoms with Crippen LogP contribution in [0.15, 0.2) is 0 Å². The van der Waals surface area contributed by atoms with Crippen LogP contribution in [0.1, 0.15) is 39.5 Å². The molecule has 0 saturated heterocycles. The Morgan fingerprint density at radius 3 is 1.25 bits per heavy atom. The van der Waals surface area contributed by atoms with Gasteiger partial charge in [0.2, 0.25) is 0 Å². The van der Waals surface area contributed by atoms with Crippen molar-refractivity contribution < 1.29 is 39.5 Å². The van der Waals surface area contributed by atoms with Crippen LogP contribution in [-0.4, -0.2) is 72.0 Å². The lowest BCUT2D eigenvalue weighted by Gasteiger charge is -2.24. The van der Waals surface area contributed by atoms with Crippen LogP contribution in [0, 0.1) is 10.8 Å². The van der Waals surface area contributed by atoms with Crippen molar-refractivity contribution in [2.75, 3.05) is 39.6 Å². The van der Waals surface area contributed by atoms with Crippen LogP contribution in [0.5, 0.6) is 0 Å². The maximum Gasteiger partial charge on any atom is 0.305 e. The molecule has 0 aromatic carbocycles. The van der Waals surface area contributed by atoms with E-state index in [-0.39, 0.29) is 52.5 Å². The van der Waals surface area contributed by atoms with E-state index >= 15 is 0 Å². The third kappa shape index (κ3) is 9.17. The van der Waals surface area contributed by atoms with Gasteiger partial charge in [0.05, 0.1) is 26.4 Å². The minimum absolute atomic E-state index is 0.0677. The summed E-state index contributed by atoms with van der Waals surface area (Å²) in [6.45, 7) is 1.91. The molecule has 24 heavy (non-hydrogen) atoms. The van der Waals surface area contributed by atoms with Gasteiger partial charge in [-0.25, -0.2) is 0 Å². The molecule has 4 N–H and O–H groups in total. The molecule has 0 atom stereocenters. The Morgan fingerprint density at radius 2 is 1.00 bits per heavy atom. The molecule has 0 heterocycles. The molecular weight excluding hydrogens is 320 g/mol. The average Bonchev–Trinajstić information content (AvgIpc) is 2.61. The summed E-state index contributed by atoms with van der Waals surface area (Å²) in [5.74, 6) is -0.908. The Bertz CT molecular complexity index is 338. The fourth-order valence-corrected chi connectivity index (χ4v) is 1.48. The first kappa shape index (κ1) is 22.8. The van der Waals surface area contributed by atoms with Gasteiger partial charge in [0.1, 0.15) is 13.2 Å². The highest BCUT2D eigenvalue weighted by Crippen LogP contribution is 2.16. The van der Waals surface area contributed by atoms with Crippen molar-refractivity contribution in [2.45, 2.75) is 39.5 Å². The van der Waals surface area contributed by atoms with E-state index in [1.807, 2.05) is 0 Å². The summed E-state index contributed by atoms with van der Waals surface area (Å²) < 4.78 is 9.97. The molecule has 0 spiro atoms. The van der Waals surface area contributed by atoms with Crippen molar-refractivity contribution in [1.82, 2.24) is 0 Å². The van der Waals surface area contributed by atoms with Crippen LogP contribution >= 0.6 is 0 Å². The number of ether oxygens (including phenoxy) is 2. The van der Waals surface area contributed by atoms with Gasteiger partial charge in [-0.05, 0) is 12.8 Å². The predicted molar refractivity (Wildman–Crippen MR) is 84.9 cm³/mol. The van der Waals surface area contributed by atoms with Crippen LogP contribution in [0.25, 0.3) is 0 Å². The lowest BCUT2D eigenvalue weighted by Crippen LogP contribution is -2.32. The zero-order valence-corrected chi connectivity index (χ0v) is 14.5. The van der Waals surface area contributed by atoms with Gasteiger partial charge in [-0.15, -0.1) is 0 Å². The van der Waals surface area contributed by atoms with Crippen LogP contribution in [0.3, 0.4) is 0 Å². The average molecular weight is 350 g/mol. The maximum absolute atomic E-state index is 11.5. The largest absolute Gasteiger partial charge is 0.465 e. The Labute approximate surface area is 142 Å². The van der Waals surface area contributed by atoms with E-state index < -0.39 is 22.8 Å². The Hall–Kier alpha value is -1.22. The topological polar surface area (TPSA) is 134 Å². The highest BCUT2D eigenvalue weighted by molar-refractivity contribution is 5.70. The standard InChI is InChI=1S/C16H30O8/c1-15(7-17,8-18)11-23-13(21)5-3-4-6-14(22)24-12-16(2,9-19)10-20/h17-20H,3-12H2,1-2H3. The van der Waals surface area contributed by atoms with Gasteiger partial charge in [-0.1, -0.05) is 13.8 Å². The molecule has 0 fully saturated rings. The molecule has 0 bridgehead atoms. The van der Waals surface area contributed by atoms with Crippen molar-refractivity contribution in [3.8, 4) is 0 Å². The molecule has 0 rings (SSSR count). The highest BCUT2D eigenvalue weighted by Gasteiger charge is 2.25. The Balaban J connectivity index is 3.85. The zero-order chi connectivity index (χ0) is 18.6. The molecule has 0 aromatic heterocycles. The van der Waals surface area contributed by atoms with E-state index in [1.54, 1.807) is 13.8 Å². The second-order valence-electron chi connectivity index (χ2n) is 6.78. The van der Waals surface area contributed by atoms with Crippen molar-refractivity contribution in [2.24, 2.45) is 10.8 Å². The molecule has 0 aromatic rings. The number of hydrogen-bond acceptors (Lipinski definition) is 8. The normalized spacial score (nSPS) is 12.1. The van der Waals surface area contributed by atoms with Crippen LogP contribution in [0.2, 0.25) is 0 Å². The van der Waals surface area contributed by atoms with Gasteiger partial charge in [-0.2, -0.15) is 0 Å². The zero-order valence-electron chi connectivity index (χ0n) is 14.5. The number of aliphatic hydroxyl groups excluding tert-OH is 4. The van der Waals surface area contributed by atoms with Gasteiger partial charge in [0, 0.05) is 23.7 Å². The van der Waals surface area contributed by atoms with E-state index in [4.69, 9.17) is 29.9 Å². The summed E-state index contributed by atoms with van der Waals surface area (Å²) in [4.78, 5) is 23.1.